The normalized spacial score (nSPS) is 14.8. The molecule has 1 aliphatic rings. The van der Waals surface area contributed by atoms with Crippen LogP contribution in [-0.4, -0.2) is 4.57 Å². The van der Waals surface area contributed by atoms with Gasteiger partial charge in [0, 0.05) is 5.56 Å². The molecule has 0 aliphatic heterocycles. The van der Waals surface area contributed by atoms with Crippen LogP contribution < -0.4 is 4.57 Å². The van der Waals surface area contributed by atoms with Gasteiger partial charge < -0.3 is 0 Å². The average molecular weight is 294 g/mol. The molecule has 3 rings (SSSR count). The third kappa shape index (κ3) is 2.59. The number of benzene rings is 1. The van der Waals surface area contributed by atoms with Crippen LogP contribution >= 0.6 is 11.6 Å². The van der Waals surface area contributed by atoms with Gasteiger partial charge in [-0.2, -0.15) is 0 Å². The van der Waals surface area contributed by atoms with Crippen molar-refractivity contribution in [2.45, 2.75) is 45.2 Å². The summed E-state index contributed by atoms with van der Waals surface area (Å²) in [5.41, 5.74) is 0.579. The van der Waals surface area contributed by atoms with Gasteiger partial charge in [-0.15, -0.1) is 0 Å². The highest BCUT2D eigenvalue weighted by atomic mass is 35.5. The molecule has 0 saturated heterocycles. The molecular formula is C16H19ClFN2+. The maximum atomic E-state index is 13.9. The minimum atomic E-state index is -0.227. The molecule has 1 fully saturated rings. The van der Waals surface area contributed by atoms with Gasteiger partial charge in [-0.25, -0.2) is 13.5 Å². The molecule has 1 aliphatic carbocycles. The molecule has 2 aromatic rings. The zero-order valence-electron chi connectivity index (χ0n) is 11.6. The molecule has 1 heterocycles. The predicted octanol–water partition coefficient (Wildman–Crippen LogP) is 3.90. The van der Waals surface area contributed by atoms with Gasteiger partial charge in [0.15, 0.2) is 0 Å². The first-order valence-electron chi connectivity index (χ1n) is 7.22. The Kier molecular flexibility index (Phi) is 3.79. The quantitative estimate of drug-likeness (QED) is 0.739. The largest absolute Gasteiger partial charge is 0.259 e. The van der Waals surface area contributed by atoms with Gasteiger partial charge in [0.2, 0.25) is 0 Å². The number of rotatable bonds is 5. The van der Waals surface area contributed by atoms with Crippen LogP contribution in [0.3, 0.4) is 0 Å². The third-order valence-electron chi connectivity index (χ3n) is 3.81. The molecule has 4 heteroatoms. The van der Waals surface area contributed by atoms with Crippen molar-refractivity contribution in [1.82, 2.24) is 4.57 Å². The molecule has 1 saturated carbocycles. The van der Waals surface area contributed by atoms with Gasteiger partial charge in [0.25, 0.3) is 5.82 Å². The van der Waals surface area contributed by atoms with Gasteiger partial charge in [-0.3, -0.25) is 0 Å². The molecule has 1 aromatic heterocycles. The van der Waals surface area contributed by atoms with Crippen molar-refractivity contribution < 1.29 is 8.96 Å². The number of aryl methyl sites for hydroxylation is 1. The second kappa shape index (κ2) is 5.57. The van der Waals surface area contributed by atoms with Crippen LogP contribution in [0.1, 0.15) is 43.5 Å². The first-order valence-corrected chi connectivity index (χ1v) is 7.60. The van der Waals surface area contributed by atoms with Crippen molar-refractivity contribution in [3.8, 4) is 0 Å². The van der Waals surface area contributed by atoms with Crippen LogP contribution in [0.2, 0.25) is 5.02 Å². The van der Waals surface area contributed by atoms with E-state index in [1.54, 1.807) is 12.1 Å². The van der Waals surface area contributed by atoms with Crippen LogP contribution in [0.4, 0.5) is 4.39 Å². The first kappa shape index (κ1) is 13.6. The average Bonchev–Trinajstić information content (AvgIpc) is 3.18. The van der Waals surface area contributed by atoms with Crippen LogP contribution in [0, 0.1) is 5.82 Å². The fourth-order valence-electron chi connectivity index (χ4n) is 2.71. The Morgan fingerprint density at radius 1 is 1.40 bits per heavy atom. The Morgan fingerprint density at radius 2 is 2.20 bits per heavy atom. The number of hydrogen-bond donors (Lipinski definition) is 0. The predicted molar refractivity (Wildman–Crippen MR) is 77.4 cm³/mol. The number of hydrogen-bond acceptors (Lipinski definition) is 0. The minimum Gasteiger partial charge on any atom is -0.234 e. The molecule has 0 atom stereocenters. The lowest BCUT2D eigenvalue weighted by atomic mass is 10.2. The second-order valence-corrected chi connectivity index (χ2v) is 5.86. The summed E-state index contributed by atoms with van der Waals surface area (Å²) in [7, 11) is 0. The topological polar surface area (TPSA) is 8.81 Å². The van der Waals surface area contributed by atoms with E-state index in [0.717, 1.165) is 13.0 Å². The van der Waals surface area contributed by atoms with E-state index in [4.69, 9.17) is 11.6 Å². The molecule has 0 bridgehead atoms. The van der Waals surface area contributed by atoms with Gasteiger partial charge in [-0.1, -0.05) is 24.6 Å². The molecule has 0 N–H and O–H groups in total. The molecule has 0 radical (unpaired) electrons. The van der Waals surface area contributed by atoms with Crippen molar-refractivity contribution in [2.24, 2.45) is 0 Å². The fourth-order valence-corrected chi connectivity index (χ4v) is 2.93. The highest BCUT2D eigenvalue weighted by Crippen LogP contribution is 2.38. The van der Waals surface area contributed by atoms with E-state index in [-0.39, 0.29) is 5.82 Å². The van der Waals surface area contributed by atoms with Crippen LogP contribution in [-0.2, 0) is 13.1 Å². The summed E-state index contributed by atoms with van der Waals surface area (Å²) >= 11 is 6.13. The molecule has 106 valence electrons. The summed E-state index contributed by atoms with van der Waals surface area (Å²) in [4.78, 5) is 0. The van der Waals surface area contributed by atoms with E-state index in [0.29, 0.717) is 23.0 Å². The fraction of sp³-hybridized carbons (Fsp3) is 0.438. The first-order chi connectivity index (χ1) is 9.70. The zero-order valence-corrected chi connectivity index (χ0v) is 12.4. The van der Waals surface area contributed by atoms with E-state index in [9.17, 15) is 4.39 Å². The number of halogens is 2. The molecule has 2 nitrogen and oxygen atoms in total. The Hall–Kier alpha value is -1.35. The van der Waals surface area contributed by atoms with Crippen LogP contribution in [0.25, 0.3) is 0 Å². The standard InChI is InChI=1S/C16H19ClFN2/c1-2-8-19-9-10-20(16(19)12-6-7-12)11-13-14(17)4-3-5-15(13)18/h3-5,9-10,12H,2,6-8,11H2,1H3/q+1. The van der Waals surface area contributed by atoms with Crippen LogP contribution in [0.15, 0.2) is 30.6 Å². The van der Waals surface area contributed by atoms with E-state index in [1.165, 1.54) is 24.7 Å². The SMILES string of the molecule is CCCn1cc[n+](Cc2c(F)cccc2Cl)c1C1CC1. The highest BCUT2D eigenvalue weighted by molar-refractivity contribution is 6.31. The van der Waals surface area contributed by atoms with Crippen molar-refractivity contribution in [1.29, 1.82) is 0 Å². The Bertz CT molecular complexity index is 597. The van der Waals surface area contributed by atoms with Gasteiger partial charge in [0.1, 0.15) is 24.8 Å². The lowest BCUT2D eigenvalue weighted by Crippen LogP contribution is -2.38. The lowest BCUT2D eigenvalue weighted by Gasteiger charge is -2.06. The third-order valence-corrected chi connectivity index (χ3v) is 4.17. The minimum absolute atomic E-state index is 0.227. The van der Waals surface area contributed by atoms with E-state index in [1.807, 2.05) is 6.20 Å². The number of nitrogens with zero attached hydrogens (tertiary/aromatic N) is 2. The molecule has 1 aromatic carbocycles. The van der Waals surface area contributed by atoms with Crippen molar-refractivity contribution in [3.63, 3.8) is 0 Å². The van der Waals surface area contributed by atoms with Gasteiger partial charge >= 0.3 is 0 Å². The number of aromatic nitrogens is 2. The smallest absolute Gasteiger partial charge is 0.234 e. The molecule has 0 spiro atoms. The van der Waals surface area contributed by atoms with Crippen LogP contribution in [0.5, 0.6) is 0 Å². The summed E-state index contributed by atoms with van der Waals surface area (Å²) in [6.07, 6.45) is 7.73. The number of imidazole rings is 1. The molecular weight excluding hydrogens is 275 g/mol. The Labute approximate surface area is 123 Å². The second-order valence-electron chi connectivity index (χ2n) is 5.45. The Morgan fingerprint density at radius 3 is 2.85 bits per heavy atom. The highest BCUT2D eigenvalue weighted by Gasteiger charge is 2.35. The van der Waals surface area contributed by atoms with E-state index < -0.39 is 0 Å². The summed E-state index contributed by atoms with van der Waals surface area (Å²) in [6, 6.07) is 4.87. The lowest BCUT2D eigenvalue weighted by molar-refractivity contribution is -0.695. The maximum absolute atomic E-state index is 13.9. The maximum Gasteiger partial charge on any atom is 0.259 e. The van der Waals surface area contributed by atoms with E-state index in [2.05, 4.69) is 22.3 Å². The monoisotopic (exact) mass is 293 g/mol. The van der Waals surface area contributed by atoms with Crippen molar-refractivity contribution >= 4 is 11.6 Å². The zero-order chi connectivity index (χ0) is 14.1. The van der Waals surface area contributed by atoms with Gasteiger partial charge in [0.05, 0.1) is 17.5 Å². The van der Waals surface area contributed by atoms with E-state index >= 15 is 0 Å². The van der Waals surface area contributed by atoms with Gasteiger partial charge in [-0.05, 0) is 31.4 Å². The molecule has 20 heavy (non-hydrogen) atoms. The summed E-state index contributed by atoms with van der Waals surface area (Å²) < 4.78 is 18.4. The molecule has 0 unspecified atom stereocenters. The summed E-state index contributed by atoms with van der Waals surface area (Å²) in [5.74, 6) is 1.71. The summed E-state index contributed by atoms with van der Waals surface area (Å²) in [5, 5.41) is 0.502. The summed E-state index contributed by atoms with van der Waals surface area (Å²) in [6.45, 7) is 3.70. The van der Waals surface area contributed by atoms with Crippen molar-refractivity contribution in [3.05, 3.63) is 52.8 Å². The van der Waals surface area contributed by atoms with Crippen molar-refractivity contribution in [2.75, 3.05) is 0 Å². The Balaban J connectivity index is 1.94. The molecule has 0 amide bonds.